The van der Waals surface area contributed by atoms with E-state index in [9.17, 15) is 19.3 Å². The molecule has 0 aliphatic carbocycles. The average molecular weight is 343 g/mol. The molecule has 3 aromatic rings. The van der Waals surface area contributed by atoms with E-state index in [0.717, 1.165) is 23.2 Å². The summed E-state index contributed by atoms with van der Waals surface area (Å²) in [5, 5.41) is 14.6. The lowest BCUT2D eigenvalue weighted by Crippen LogP contribution is -2.17. The number of nitrogens with zero attached hydrogens (tertiary/aromatic N) is 2. The van der Waals surface area contributed by atoms with E-state index < -0.39 is 10.8 Å². The van der Waals surface area contributed by atoms with Crippen LogP contribution in [0.2, 0.25) is 0 Å². The van der Waals surface area contributed by atoms with Crippen molar-refractivity contribution in [2.45, 2.75) is 6.42 Å². The molecule has 1 amide bonds. The molecular weight excluding hydrogens is 329 g/mol. The number of fused-ring (bicyclic) bond motifs is 1. The maximum atomic E-state index is 13.2. The topological polar surface area (TPSA) is 127 Å². The van der Waals surface area contributed by atoms with Crippen molar-refractivity contribution in [3.8, 4) is 0 Å². The Morgan fingerprint density at radius 1 is 1.40 bits per heavy atom. The number of hydrogen-bond acceptors (Lipinski definition) is 5. The van der Waals surface area contributed by atoms with Gasteiger partial charge in [0.25, 0.3) is 11.6 Å². The van der Waals surface area contributed by atoms with Gasteiger partial charge in [-0.05, 0) is 30.2 Å². The van der Waals surface area contributed by atoms with Crippen molar-refractivity contribution in [1.82, 2.24) is 9.97 Å². The van der Waals surface area contributed by atoms with E-state index in [0.29, 0.717) is 18.5 Å². The fourth-order valence-corrected chi connectivity index (χ4v) is 2.56. The Balaban J connectivity index is 1.75. The van der Waals surface area contributed by atoms with Crippen LogP contribution in [-0.4, -0.2) is 27.3 Å². The van der Waals surface area contributed by atoms with Gasteiger partial charge in [0.15, 0.2) is 0 Å². The van der Waals surface area contributed by atoms with Gasteiger partial charge in [-0.3, -0.25) is 14.9 Å². The molecule has 25 heavy (non-hydrogen) atoms. The summed E-state index contributed by atoms with van der Waals surface area (Å²) < 4.78 is 13.2. The highest BCUT2D eigenvalue weighted by Gasteiger charge is 2.16. The van der Waals surface area contributed by atoms with Crippen molar-refractivity contribution >= 4 is 28.3 Å². The van der Waals surface area contributed by atoms with Crippen molar-refractivity contribution in [2.75, 3.05) is 11.9 Å². The molecule has 2 aromatic heterocycles. The van der Waals surface area contributed by atoms with Crippen LogP contribution in [0.5, 0.6) is 0 Å². The molecule has 0 bridgehead atoms. The van der Waals surface area contributed by atoms with E-state index >= 15 is 0 Å². The third-order valence-corrected chi connectivity index (χ3v) is 3.77. The summed E-state index contributed by atoms with van der Waals surface area (Å²) >= 11 is 0. The predicted molar refractivity (Wildman–Crippen MR) is 89.9 cm³/mol. The van der Waals surface area contributed by atoms with Gasteiger partial charge in [-0.1, -0.05) is 0 Å². The van der Waals surface area contributed by atoms with Crippen molar-refractivity contribution in [3.05, 3.63) is 63.7 Å². The van der Waals surface area contributed by atoms with Gasteiger partial charge in [0.1, 0.15) is 17.8 Å². The second-order valence-electron chi connectivity index (χ2n) is 5.39. The molecule has 0 aliphatic heterocycles. The SMILES string of the molecule is NC(=O)c1cc([N+](=O)[O-])cnc1NCCc1c[nH]c2cc(F)ccc12. The van der Waals surface area contributed by atoms with Crippen LogP contribution in [0.3, 0.4) is 0 Å². The number of pyridine rings is 1. The fourth-order valence-electron chi connectivity index (χ4n) is 2.56. The number of amides is 1. The number of nitro groups is 1. The summed E-state index contributed by atoms with van der Waals surface area (Å²) in [6, 6.07) is 5.58. The zero-order valence-electron chi connectivity index (χ0n) is 13.0. The van der Waals surface area contributed by atoms with E-state index in [2.05, 4.69) is 15.3 Å². The minimum Gasteiger partial charge on any atom is -0.369 e. The highest BCUT2D eigenvalue weighted by molar-refractivity contribution is 5.98. The van der Waals surface area contributed by atoms with Crippen molar-refractivity contribution < 1.29 is 14.1 Å². The monoisotopic (exact) mass is 343 g/mol. The van der Waals surface area contributed by atoms with Gasteiger partial charge in [-0.25, -0.2) is 9.37 Å². The third-order valence-electron chi connectivity index (χ3n) is 3.77. The molecule has 128 valence electrons. The minimum atomic E-state index is -0.804. The molecule has 0 unspecified atom stereocenters. The molecule has 0 saturated heterocycles. The number of benzene rings is 1. The molecule has 9 heteroatoms. The van der Waals surface area contributed by atoms with Crippen LogP contribution in [0, 0.1) is 15.9 Å². The molecule has 0 radical (unpaired) electrons. The van der Waals surface area contributed by atoms with E-state index in [-0.39, 0.29) is 22.9 Å². The lowest BCUT2D eigenvalue weighted by Gasteiger charge is -2.08. The number of halogens is 1. The zero-order chi connectivity index (χ0) is 18.0. The van der Waals surface area contributed by atoms with Gasteiger partial charge in [0.2, 0.25) is 0 Å². The molecular formula is C16H14FN5O3. The first-order valence-electron chi connectivity index (χ1n) is 7.39. The summed E-state index contributed by atoms with van der Waals surface area (Å²) in [6.07, 6.45) is 3.41. The standard InChI is InChI=1S/C16H14FN5O3/c17-10-1-2-12-9(7-20-14(12)5-10)3-4-19-16-13(15(18)23)6-11(8-21-16)22(24)25/h1-2,5-8,20H,3-4H2,(H2,18,23)(H,19,21). The number of carbonyl (C=O) groups is 1. The number of carbonyl (C=O) groups excluding carboxylic acids is 1. The zero-order valence-corrected chi connectivity index (χ0v) is 13.0. The van der Waals surface area contributed by atoms with Gasteiger partial charge in [0.05, 0.1) is 10.5 Å². The van der Waals surface area contributed by atoms with Gasteiger partial charge in [0, 0.05) is 29.7 Å². The molecule has 0 atom stereocenters. The van der Waals surface area contributed by atoms with Crippen LogP contribution >= 0.6 is 0 Å². The van der Waals surface area contributed by atoms with Crippen LogP contribution in [0.1, 0.15) is 15.9 Å². The third kappa shape index (κ3) is 3.39. The first-order chi connectivity index (χ1) is 12.0. The molecule has 4 N–H and O–H groups in total. The summed E-state index contributed by atoms with van der Waals surface area (Å²) in [4.78, 5) is 28.5. The highest BCUT2D eigenvalue weighted by atomic mass is 19.1. The number of H-pyrrole nitrogens is 1. The van der Waals surface area contributed by atoms with Crippen molar-refractivity contribution in [3.63, 3.8) is 0 Å². The van der Waals surface area contributed by atoms with Crippen LogP contribution in [0.15, 0.2) is 36.7 Å². The second-order valence-corrected chi connectivity index (χ2v) is 5.39. The second kappa shape index (κ2) is 6.56. The largest absolute Gasteiger partial charge is 0.369 e. The molecule has 8 nitrogen and oxygen atoms in total. The summed E-state index contributed by atoms with van der Waals surface area (Å²) in [5.41, 5.74) is 6.56. The van der Waals surface area contributed by atoms with Gasteiger partial charge in [-0.15, -0.1) is 0 Å². The van der Waals surface area contributed by atoms with Crippen molar-refractivity contribution in [1.29, 1.82) is 0 Å². The maximum absolute atomic E-state index is 13.2. The highest BCUT2D eigenvalue weighted by Crippen LogP contribution is 2.21. The van der Waals surface area contributed by atoms with Gasteiger partial charge in [-0.2, -0.15) is 0 Å². The Morgan fingerprint density at radius 2 is 2.20 bits per heavy atom. The molecule has 1 aromatic carbocycles. The first kappa shape index (κ1) is 16.4. The quantitative estimate of drug-likeness (QED) is 0.468. The Bertz CT molecular complexity index is 970. The number of hydrogen-bond donors (Lipinski definition) is 3. The number of nitrogens with two attached hydrogens (primary N) is 1. The number of rotatable bonds is 6. The normalized spacial score (nSPS) is 10.8. The van der Waals surface area contributed by atoms with Gasteiger partial charge < -0.3 is 16.0 Å². The van der Waals surface area contributed by atoms with E-state index in [1.807, 2.05) is 0 Å². The molecule has 2 heterocycles. The van der Waals surface area contributed by atoms with E-state index in [1.165, 1.54) is 12.1 Å². The van der Waals surface area contributed by atoms with Crippen LogP contribution in [0.25, 0.3) is 10.9 Å². The van der Waals surface area contributed by atoms with Crippen LogP contribution in [0.4, 0.5) is 15.9 Å². The molecule has 3 rings (SSSR count). The number of anilines is 1. The number of nitrogens with one attached hydrogen (secondary N) is 2. The molecule has 0 spiro atoms. The van der Waals surface area contributed by atoms with E-state index in [1.54, 1.807) is 12.3 Å². The number of aromatic nitrogens is 2. The lowest BCUT2D eigenvalue weighted by molar-refractivity contribution is -0.385. The Labute approximate surface area is 141 Å². The number of aromatic amines is 1. The summed E-state index contributed by atoms with van der Waals surface area (Å²) in [7, 11) is 0. The predicted octanol–water partition coefficient (Wildman–Crippen LogP) is 2.36. The minimum absolute atomic E-state index is 0.0461. The van der Waals surface area contributed by atoms with Crippen molar-refractivity contribution in [2.24, 2.45) is 5.73 Å². The fraction of sp³-hybridized carbons (Fsp3) is 0.125. The Morgan fingerprint density at radius 3 is 2.92 bits per heavy atom. The molecule has 0 saturated carbocycles. The average Bonchev–Trinajstić information content (AvgIpc) is 2.96. The maximum Gasteiger partial charge on any atom is 0.288 e. The van der Waals surface area contributed by atoms with Gasteiger partial charge >= 0.3 is 0 Å². The Kier molecular flexibility index (Phi) is 4.29. The summed E-state index contributed by atoms with van der Waals surface area (Å²) in [5.74, 6) is -0.939. The summed E-state index contributed by atoms with van der Waals surface area (Å²) in [6.45, 7) is 0.412. The van der Waals surface area contributed by atoms with Crippen LogP contribution < -0.4 is 11.1 Å². The van der Waals surface area contributed by atoms with E-state index in [4.69, 9.17) is 5.73 Å². The molecule has 0 fully saturated rings. The molecule has 0 aliphatic rings. The number of primary amides is 1. The lowest BCUT2D eigenvalue weighted by atomic mass is 10.1. The Hall–Kier alpha value is -3.49. The first-order valence-corrected chi connectivity index (χ1v) is 7.39. The van der Waals surface area contributed by atoms with Crippen LogP contribution in [-0.2, 0) is 6.42 Å². The smallest absolute Gasteiger partial charge is 0.288 e.